The number of nitrogens with two attached hydrogens (primary N) is 1. The van der Waals surface area contributed by atoms with Crippen LogP contribution in [0.25, 0.3) is 10.4 Å². The zero-order chi connectivity index (χ0) is 10.4. The summed E-state index contributed by atoms with van der Waals surface area (Å²) in [5, 5.41) is 3.39. The Morgan fingerprint density at radius 3 is 3.07 bits per heavy atom. The summed E-state index contributed by atoms with van der Waals surface area (Å²) >= 11 is 0. The quantitative estimate of drug-likeness (QED) is 0.186. The lowest BCUT2D eigenvalue weighted by atomic mass is 10.1. The van der Waals surface area contributed by atoms with Crippen LogP contribution < -0.4 is 11.3 Å². The highest BCUT2D eigenvalue weighted by atomic mass is 16.2. The van der Waals surface area contributed by atoms with E-state index in [0.717, 1.165) is 5.56 Å². The second-order valence-electron chi connectivity index (χ2n) is 2.56. The smallest absolute Gasteiger partial charge is 0.265 e. The number of nitrogens with one attached hydrogen (secondary N) is 1. The third-order valence-corrected chi connectivity index (χ3v) is 1.64. The molecule has 3 N–H and O–H groups in total. The normalized spacial score (nSPS) is 8.93. The van der Waals surface area contributed by atoms with Gasteiger partial charge in [0, 0.05) is 10.5 Å². The summed E-state index contributed by atoms with van der Waals surface area (Å²) in [4.78, 5) is 13.7. The minimum absolute atomic E-state index is 0.224. The number of carbonyl (C=O) groups is 1. The number of hydrogen-bond donors (Lipinski definition) is 2. The van der Waals surface area contributed by atoms with Crippen molar-refractivity contribution in [2.24, 2.45) is 11.0 Å². The van der Waals surface area contributed by atoms with Gasteiger partial charge in [-0.2, -0.15) is 0 Å². The third kappa shape index (κ3) is 2.48. The fourth-order valence-electron chi connectivity index (χ4n) is 1.01. The molecule has 0 bridgehead atoms. The molecule has 0 aliphatic heterocycles. The predicted octanol–water partition coefficient (Wildman–Crippen LogP) is 1.10. The lowest BCUT2D eigenvalue weighted by molar-refractivity contribution is 0.0953. The lowest BCUT2D eigenvalue weighted by Crippen LogP contribution is -2.29. The summed E-state index contributed by atoms with van der Waals surface area (Å²) in [6, 6.07) is 6.72. The summed E-state index contributed by atoms with van der Waals surface area (Å²) < 4.78 is 0. The van der Waals surface area contributed by atoms with Gasteiger partial charge in [0.25, 0.3) is 5.91 Å². The number of carbonyl (C=O) groups excluding carboxylic acids is 1. The number of nitrogen functional groups attached to an aromatic ring is 1. The van der Waals surface area contributed by atoms with Crippen LogP contribution in [0.1, 0.15) is 15.9 Å². The Morgan fingerprint density at radius 2 is 2.43 bits per heavy atom. The van der Waals surface area contributed by atoms with Gasteiger partial charge in [-0.05, 0) is 23.2 Å². The van der Waals surface area contributed by atoms with Crippen LogP contribution in [-0.2, 0) is 6.54 Å². The van der Waals surface area contributed by atoms with E-state index in [0.29, 0.717) is 5.56 Å². The molecule has 0 saturated carbocycles. The number of nitrogens with zero attached hydrogens (tertiary/aromatic N) is 3. The summed E-state index contributed by atoms with van der Waals surface area (Å²) in [5.41, 5.74) is 11.3. The SMILES string of the molecule is [N-]=[N+]=NCc1cccc(C(=O)NN)c1. The molecule has 6 nitrogen and oxygen atoms in total. The second-order valence-corrected chi connectivity index (χ2v) is 2.56. The van der Waals surface area contributed by atoms with Crippen LogP contribution >= 0.6 is 0 Å². The Hall–Kier alpha value is -2.04. The fourth-order valence-corrected chi connectivity index (χ4v) is 1.01. The van der Waals surface area contributed by atoms with E-state index in [-0.39, 0.29) is 12.5 Å². The van der Waals surface area contributed by atoms with Crippen molar-refractivity contribution >= 4 is 5.91 Å². The Kier molecular flexibility index (Phi) is 3.49. The van der Waals surface area contributed by atoms with Gasteiger partial charge in [-0.3, -0.25) is 10.2 Å². The maximum absolute atomic E-state index is 11.1. The minimum atomic E-state index is -0.368. The third-order valence-electron chi connectivity index (χ3n) is 1.64. The number of benzene rings is 1. The Morgan fingerprint density at radius 1 is 1.64 bits per heavy atom. The maximum Gasteiger partial charge on any atom is 0.265 e. The maximum atomic E-state index is 11.1. The van der Waals surface area contributed by atoms with Gasteiger partial charge in [0.05, 0.1) is 6.54 Å². The van der Waals surface area contributed by atoms with Gasteiger partial charge < -0.3 is 0 Å². The van der Waals surface area contributed by atoms with Crippen LogP contribution in [0.15, 0.2) is 29.4 Å². The van der Waals surface area contributed by atoms with Crippen LogP contribution in [0.3, 0.4) is 0 Å². The molecule has 0 aliphatic carbocycles. The average Bonchev–Trinajstić information content (AvgIpc) is 2.25. The van der Waals surface area contributed by atoms with E-state index in [1.807, 2.05) is 5.43 Å². The number of amides is 1. The molecule has 6 heteroatoms. The molecule has 1 amide bonds. The molecule has 0 aromatic heterocycles. The molecule has 0 atom stereocenters. The zero-order valence-electron chi connectivity index (χ0n) is 7.34. The predicted molar refractivity (Wildman–Crippen MR) is 50.9 cm³/mol. The molecule has 0 radical (unpaired) electrons. The topological polar surface area (TPSA) is 104 Å². The highest BCUT2D eigenvalue weighted by Crippen LogP contribution is 2.06. The molecule has 0 heterocycles. The van der Waals surface area contributed by atoms with E-state index in [9.17, 15) is 4.79 Å². The number of hydrogen-bond acceptors (Lipinski definition) is 3. The number of rotatable bonds is 3. The van der Waals surface area contributed by atoms with E-state index >= 15 is 0 Å². The van der Waals surface area contributed by atoms with Crippen molar-refractivity contribution in [3.63, 3.8) is 0 Å². The van der Waals surface area contributed by atoms with E-state index in [2.05, 4.69) is 10.0 Å². The number of hydrazine groups is 1. The second kappa shape index (κ2) is 4.86. The molecule has 0 fully saturated rings. The monoisotopic (exact) mass is 191 g/mol. The van der Waals surface area contributed by atoms with E-state index in [1.54, 1.807) is 24.3 Å². The summed E-state index contributed by atoms with van der Waals surface area (Å²) in [6.45, 7) is 0.224. The van der Waals surface area contributed by atoms with Crippen LogP contribution in [0.5, 0.6) is 0 Å². The van der Waals surface area contributed by atoms with Crippen LogP contribution in [0.4, 0.5) is 0 Å². The van der Waals surface area contributed by atoms with Crippen molar-refractivity contribution in [3.8, 4) is 0 Å². The van der Waals surface area contributed by atoms with Gasteiger partial charge in [-0.15, -0.1) is 0 Å². The summed E-state index contributed by atoms with van der Waals surface area (Å²) in [6.07, 6.45) is 0. The first-order valence-electron chi connectivity index (χ1n) is 3.88. The average molecular weight is 191 g/mol. The highest BCUT2D eigenvalue weighted by molar-refractivity contribution is 5.93. The molecule has 14 heavy (non-hydrogen) atoms. The largest absolute Gasteiger partial charge is 0.290 e. The van der Waals surface area contributed by atoms with Gasteiger partial charge in [-0.1, -0.05) is 17.2 Å². The lowest BCUT2D eigenvalue weighted by Gasteiger charge is -2.01. The first-order valence-corrected chi connectivity index (χ1v) is 3.88. The molecular weight excluding hydrogens is 182 g/mol. The van der Waals surface area contributed by atoms with Crippen molar-refractivity contribution < 1.29 is 4.79 Å². The van der Waals surface area contributed by atoms with Crippen molar-refractivity contribution in [2.45, 2.75) is 6.54 Å². The molecule has 0 spiro atoms. The van der Waals surface area contributed by atoms with Crippen molar-refractivity contribution in [3.05, 3.63) is 45.8 Å². The first kappa shape index (κ1) is 10.0. The van der Waals surface area contributed by atoms with Gasteiger partial charge in [0.2, 0.25) is 0 Å². The Labute approximate surface area is 80.3 Å². The Balaban J connectivity index is 2.88. The molecule has 1 aromatic carbocycles. The van der Waals surface area contributed by atoms with Crippen LogP contribution in [0, 0.1) is 0 Å². The molecule has 1 aromatic rings. The van der Waals surface area contributed by atoms with Crippen molar-refractivity contribution in [1.82, 2.24) is 5.43 Å². The minimum Gasteiger partial charge on any atom is -0.290 e. The van der Waals surface area contributed by atoms with E-state index in [4.69, 9.17) is 11.4 Å². The molecular formula is C8H9N5O. The highest BCUT2D eigenvalue weighted by Gasteiger charge is 2.02. The van der Waals surface area contributed by atoms with Gasteiger partial charge >= 0.3 is 0 Å². The van der Waals surface area contributed by atoms with Crippen molar-refractivity contribution in [1.29, 1.82) is 0 Å². The molecule has 0 saturated heterocycles. The van der Waals surface area contributed by atoms with Crippen molar-refractivity contribution in [2.75, 3.05) is 0 Å². The summed E-state index contributed by atoms with van der Waals surface area (Å²) in [5.74, 6) is 4.60. The molecule has 0 unspecified atom stereocenters. The zero-order valence-corrected chi connectivity index (χ0v) is 7.34. The van der Waals surface area contributed by atoms with E-state index in [1.165, 1.54) is 0 Å². The van der Waals surface area contributed by atoms with E-state index < -0.39 is 0 Å². The molecule has 1 rings (SSSR count). The van der Waals surface area contributed by atoms with Crippen LogP contribution in [-0.4, -0.2) is 5.91 Å². The summed E-state index contributed by atoms with van der Waals surface area (Å²) in [7, 11) is 0. The first-order chi connectivity index (χ1) is 6.77. The van der Waals surface area contributed by atoms with Gasteiger partial charge in [0.15, 0.2) is 0 Å². The number of azide groups is 1. The fraction of sp³-hybridized carbons (Fsp3) is 0.125. The van der Waals surface area contributed by atoms with Gasteiger partial charge in [-0.25, -0.2) is 5.84 Å². The Bertz CT molecular complexity index is 383. The molecule has 72 valence electrons. The van der Waals surface area contributed by atoms with Crippen LogP contribution in [0.2, 0.25) is 0 Å². The standard InChI is InChI=1S/C8H9N5O/c9-12-8(14)7-3-1-2-6(4-7)5-11-13-10/h1-4H,5,9H2,(H,12,14). The van der Waals surface area contributed by atoms with Gasteiger partial charge in [0.1, 0.15) is 0 Å². The molecule has 0 aliphatic rings.